The zero-order valence-corrected chi connectivity index (χ0v) is 11.4. The molecular formula is C15H20F2N2O. The van der Waals surface area contributed by atoms with E-state index >= 15 is 0 Å². The number of piperazine rings is 1. The van der Waals surface area contributed by atoms with E-state index in [1.165, 1.54) is 25.7 Å². The van der Waals surface area contributed by atoms with Gasteiger partial charge in [0.15, 0.2) is 0 Å². The molecule has 0 bridgehead atoms. The molecule has 2 fully saturated rings. The van der Waals surface area contributed by atoms with Crippen molar-refractivity contribution in [3.8, 4) is 5.75 Å². The standard InChI is InChI=1S/C15H20F2N2O/c16-14(17)20-13-5-3-12(4-6-13)19-10-9-18-15(11-19)7-1-2-8-15/h3-6,14,18H,1-2,7-11H2. The fourth-order valence-corrected chi connectivity index (χ4v) is 3.40. The van der Waals surface area contributed by atoms with E-state index in [-0.39, 0.29) is 11.3 Å². The predicted molar refractivity (Wildman–Crippen MR) is 74.5 cm³/mol. The van der Waals surface area contributed by atoms with E-state index < -0.39 is 6.61 Å². The third kappa shape index (κ3) is 2.87. The Morgan fingerprint density at radius 3 is 2.50 bits per heavy atom. The van der Waals surface area contributed by atoms with E-state index in [0.29, 0.717) is 0 Å². The highest BCUT2D eigenvalue weighted by molar-refractivity contribution is 5.50. The molecule has 1 heterocycles. The Balaban J connectivity index is 1.69. The van der Waals surface area contributed by atoms with Gasteiger partial charge in [-0.3, -0.25) is 0 Å². The van der Waals surface area contributed by atoms with Crippen LogP contribution in [0.5, 0.6) is 5.75 Å². The normalized spacial score (nSPS) is 21.6. The summed E-state index contributed by atoms with van der Waals surface area (Å²) in [6, 6.07) is 6.97. The zero-order valence-electron chi connectivity index (χ0n) is 11.4. The number of hydrogen-bond donors (Lipinski definition) is 1. The van der Waals surface area contributed by atoms with Crippen LogP contribution in [0.4, 0.5) is 14.5 Å². The first-order valence-corrected chi connectivity index (χ1v) is 7.22. The number of ether oxygens (including phenoxy) is 1. The van der Waals surface area contributed by atoms with Gasteiger partial charge >= 0.3 is 6.61 Å². The van der Waals surface area contributed by atoms with Crippen molar-refractivity contribution in [2.45, 2.75) is 37.8 Å². The second-order valence-electron chi connectivity index (χ2n) is 5.71. The molecule has 3 rings (SSSR count). The molecule has 1 aliphatic carbocycles. The van der Waals surface area contributed by atoms with Crippen molar-refractivity contribution in [1.29, 1.82) is 0 Å². The highest BCUT2D eigenvalue weighted by Crippen LogP contribution is 2.33. The van der Waals surface area contributed by atoms with Crippen molar-refractivity contribution < 1.29 is 13.5 Å². The lowest BCUT2D eigenvalue weighted by atomic mass is 9.94. The number of alkyl halides is 2. The molecule has 1 aromatic carbocycles. The van der Waals surface area contributed by atoms with Crippen molar-refractivity contribution in [3.63, 3.8) is 0 Å². The van der Waals surface area contributed by atoms with E-state index in [2.05, 4.69) is 15.0 Å². The molecule has 1 spiro atoms. The van der Waals surface area contributed by atoms with Crippen molar-refractivity contribution in [3.05, 3.63) is 24.3 Å². The average molecular weight is 282 g/mol. The summed E-state index contributed by atoms with van der Waals surface area (Å²) in [4.78, 5) is 2.34. The monoisotopic (exact) mass is 282 g/mol. The summed E-state index contributed by atoms with van der Waals surface area (Å²) >= 11 is 0. The topological polar surface area (TPSA) is 24.5 Å². The van der Waals surface area contributed by atoms with Gasteiger partial charge in [-0.15, -0.1) is 0 Å². The number of halogens is 2. The molecule has 110 valence electrons. The van der Waals surface area contributed by atoms with Gasteiger partial charge in [0.05, 0.1) is 0 Å². The summed E-state index contributed by atoms with van der Waals surface area (Å²) in [5.41, 5.74) is 1.34. The van der Waals surface area contributed by atoms with Crippen LogP contribution in [0.3, 0.4) is 0 Å². The Hall–Kier alpha value is -1.36. The van der Waals surface area contributed by atoms with Gasteiger partial charge in [0.1, 0.15) is 5.75 Å². The minimum absolute atomic E-state index is 0.217. The lowest BCUT2D eigenvalue weighted by Gasteiger charge is -2.42. The molecule has 1 N–H and O–H groups in total. The first-order valence-electron chi connectivity index (χ1n) is 7.22. The van der Waals surface area contributed by atoms with Gasteiger partial charge in [0, 0.05) is 30.9 Å². The van der Waals surface area contributed by atoms with Gasteiger partial charge < -0.3 is 15.0 Å². The quantitative estimate of drug-likeness (QED) is 0.922. The molecule has 1 aliphatic heterocycles. The Morgan fingerprint density at radius 2 is 1.85 bits per heavy atom. The van der Waals surface area contributed by atoms with Gasteiger partial charge in [-0.1, -0.05) is 12.8 Å². The first-order chi connectivity index (χ1) is 9.67. The smallest absolute Gasteiger partial charge is 0.387 e. The summed E-state index contributed by atoms with van der Waals surface area (Å²) < 4.78 is 28.7. The molecule has 0 amide bonds. The number of nitrogens with zero attached hydrogens (tertiary/aromatic N) is 1. The summed E-state index contributed by atoms with van der Waals surface area (Å²) in [6.45, 7) is 0.176. The Kier molecular flexibility index (Phi) is 3.78. The molecule has 0 unspecified atom stereocenters. The molecule has 0 aromatic heterocycles. The molecule has 0 radical (unpaired) electrons. The summed E-state index contributed by atoms with van der Waals surface area (Å²) in [5.74, 6) is 0.217. The van der Waals surface area contributed by atoms with Crippen molar-refractivity contribution in [2.24, 2.45) is 0 Å². The lowest BCUT2D eigenvalue weighted by Crippen LogP contribution is -2.59. The summed E-state index contributed by atoms with van der Waals surface area (Å²) in [5, 5.41) is 3.67. The molecule has 20 heavy (non-hydrogen) atoms. The third-order valence-corrected chi connectivity index (χ3v) is 4.36. The van der Waals surface area contributed by atoms with E-state index in [4.69, 9.17) is 0 Å². The molecule has 5 heteroatoms. The SMILES string of the molecule is FC(F)Oc1ccc(N2CCNC3(CCCC3)C2)cc1. The number of anilines is 1. The summed E-state index contributed by atoms with van der Waals surface area (Å²) in [6.07, 6.45) is 5.05. The van der Waals surface area contributed by atoms with Gasteiger partial charge in [-0.05, 0) is 37.1 Å². The number of nitrogens with one attached hydrogen (secondary N) is 1. The molecule has 0 atom stereocenters. The molecule has 2 aliphatic rings. The largest absolute Gasteiger partial charge is 0.435 e. The fourth-order valence-electron chi connectivity index (χ4n) is 3.40. The average Bonchev–Trinajstić information content (AvgIpc) is 2.87. The first kappa shape index (κ1) is 13.6. The van der Waals surface area contributed by atoms with Crippen LogP contribution in [-0.2, 0) is 0 Å². The lowest BCUT2D eigenvalue weighted by molar-refractivity contribution is -0.0498. The summed E-state index contributed by atoms with van der Waals surface area (Å²) in [7, 11) is 0. The van der Waals surface area contributed by atoms with Crippen LogP contribution in [0, 0.1) is 0 Å². The molecule has 1 aromatic rings. The predicted octanol–water partition coefficient (Wildman–Crippen LogP) is 3.01. The zero-order chi connectivity index (χ0) is 14.0. The van der Waals surface area contributed by atoms with E-state index in [1.807, 2.05) is 12.1 Å². The number of rotatable bonds is 3. The fraction of sp³-hybridized carbons (Fsp3) is 0.600. The van der Waals surface area contributed by atoms with E-state index in [9.17, 15) is 8.78 Å². The highest BCUT2D eigenvalue weighted by atomic mass is 19.3. The highest BCUT2D eigenvalue weighted by Gasteiger charge is 2.37. The number of hydrogen-bond acceptors (Lipinski definition) is 3. The van der Waals surface area contributed by atoms with Crippen LogP contribution >= 0.6 is 0 Å². The van der Waals surface area contributed by atoms with Gasteiger partial charge in [0.2, 0.25) is 0 Å². The van der Waals surface area contributed by atoms with Crippen LogP contribution in [0.25, 0.3) is 0 Å². The molecule has 3 nitrogen and oxygen atoms in total. The molecule has 1 saturated heterocycles. The van der Waals surface area contributed by atoms with Crippen molar-refractivity contribution >= 4 is 5.69 Å². The Bertz CT molecular complexity index is 444. The Morgan fingerprint density at radius 1 is 1.15 bits per heavy atom. The Labute approximate surface area is 117 Å². The third-order valence-electron chi connectivity index (χ3n) is 4.36. The van der Waals surface area contributed by atoms with Crippen LogP contribution in [0.15, 0.2) is 24.3 Å². The molecular weight excluding hydrogens is 262 g/mol. The minimum atomic E-state index is -2.76. The maximum absolute atomic E-state index is 12.1. The van der Waals surface area contributed by atoms with E-state index in [0.717, 1.165) is 25.3 Å². The van der Waals surface area contributed by atoms with Gasteiger partial charge in [-0.25, -0.2) is 0 Å². The van der Waals surface area contributed by atoms with Crippen molar-refractivity contribution in [1.82, 2.24) is 5.32 Å². The maximum atomic E-state index is 12.1. The second-order valence-corrected chi connectivity index (χ2v) is 5.71. The van der Waals surface area contributed by atoms with E-state index in [1.54, 1.807) is 12.1 Å². The minimum Gasteiger partial charge on any atom is -0.435 e. The van der Waals surface area contributed by atoms with Gasteiger partial charge in [-0.2, -0.15) is 8.78 Å². The van der Waals surface area contributed by atoms with Crippen LogP contribution in [0.1, 0.15) is 25.7 Å². The van der Waals surface area contributed by atoms with Crippen LogP contribution in [-0.4, -0.2) is 31.8 Å². The number of benzene rings is 1. The molecule has 1 saturated carbocycles. The van der Waals surface area contributed by atoms with Crippen molar-refractivity contribution in [2.75, 3.05) is 24.5 Å². The van der Waals surface area contributed by atoms with Crippen LogP contribution < -0.4 is 15.0 Å². The maximum Gasteiger partial charge on any atom is 0.387 e. The van der Waals surface area contributed by atoms with Crippen LogP contribution in [0.2, 0.25) is 0 Å². The second kappa shape index (κ2) is 5.56. The van der Waals surface area contributed by atoms with Gasteiger partial charge in [0.25, 0.3) is 0 Å².